The van der Waals surface area contributed by atoms with E-state index in [1.54, 1.807) is 0 Å². The third-order valence-electron chi connectivity index (χ3n) is 2.16. The molecule has 0 spiro atoms. The van der Waals surface area contributed by atoms with E-state index in [9.17, 15) is 0 Å². The van der Waals surface area contributed by atoms with Gasteiger partial charge in [0.1, 0.15) is 22.3 Å². The minimum absolute atomic E-state index is 0.519. The molecule has 90 valence electrons. The maximum absolute atomic E-state index is 6.03. The number of hydrogen-bond donors (Lipinski definition) is 0. The zero-order valence-electron chi connectivity index (χ0n) is 9.47. The van der Waals surface area contributed by atoms with Crippen LogP contribution in [0, 0.1) is 0 Å². The highest BCUT2D eigenvalue weighted by Crippen LogP contribution is 2.32. The Hall–Kier alpha value is -0.720. The smallest absolute Gasteiger partial charge is 0.176 e. The standard InChI is InChI=1S/C10H11ClN4S2/c1-3-6-8(11)12-5-13-9(6)16-10-14-7(4-2)15-17-10/h5H,3-4H2,1-2H3. The Morgan fingerprint density at radius 1 is 1.29 bits per heavy atom. The van der Waals surface area contributed by atoms with Crippen LogP contribution in [-0.4, -0.2) is 19.3 Å². The van der Waals surface area contributed by atoms with Crippen LogP contribution < -0.4 is 0 Å². The lowest BCUT2D eigenvalue weighted by atomic mass is 10.3. The molecule has 2 aromatic rings. The van der Waals surface area contributed by atoms with E-state index in [-0.39, 0.29) is 0 Å². The maximum atomic E-state index is 6.03. The van der Waals surface area contributed by atoms with Crippen LogP contribution in [0.15, 0.2) is 15.7 Å². The van der Waals surface area contributed by atoms with Gasteiger partial charge in [-0.05, 0) is 29.7 Å². The highest BCUT2D eigenvalue weighted by Gasteiger charge is 2.12. The van der Waals surface area contributed by atoms with E-state index in [1.807, 2.05) is 13.8 Å². The molecule has 0 radical (unpaired) electrons. The van der Waals surface area contributed by atoms with Crippen molar-refractivity contribution in [3.63, 3.8) is 0 Å². The summed E-state index contributed by atoms with van der Waals surface area (Å²) in [7, 11) is 0. The highest BCUT2D eigenvalue weighted by atomic mass is 35.5. The van der Waals surface area contributed by atoms with Gasteiger partial charge in [0.15, 0.2) is 4.34 Å². The highest BCUT2D eigenvalue weighted by molar-refractivity contribution is 8.00. The first-order valence-corrected chi connectivity index (χ1v) is 7.21. The molecule has 0 saturated heterocycles. The fourth-order valence-corrected chi connectivity index (χ4v) is 3.37. The Kier molecular flexibility index (Phi) is 4.31. The molecule has 0 aliphatic rings. The fraction of sp³-hybridized carbons (Fsp3) is 0.400. The second-order valence-electron chi connectivity index (χ2n) is 3.23. The van der Waals surface area contributed by atoms with Gasteiger partial charge in [-0.25, -0.2) is 15.0 Å². The average molecular weight is 287 g/mol. The molecule has 0 aliphatic carbocycles. The van der Waals surface area contributed by atoms with Crippen LogP contribution in [0.2, 0.25) is 5.15 Å². The van der Waals surface area contributed by atoms with Gasteiger partial charge in [0.05, 0.1) is 0 Å². The molecule has 0 N–H and O–H groups in total. The van der Waals surface area contributed by atoms with Gasteiger partial charge in [-0.15, -0.1) is 0 Å². The summed E-state index contributed by atoms with van der Waals surface area (Å²) in [5.41, 5.74) is 0.965. The van der Waals surface area contributed by atoms with Crippen molar-refractivity contribution >= 4 is 34.9 Å². The second kappa shape index (κ2) is 5.75. The molecule has 0 aromatic carbocycles. The van der Waals surface area contributed by atoms with E-state index < -0.39 is 0 Å². The van der Waals surface area contributed by atoms with Crippen LogP contribution in [0.5, 0.6) is 0 Å². The van der Waals surface area contributed by atoms with Crippen LogP contribution in [0.25, 0.3) is 0 Å². The van der Waals surface area contributed by atoms with Gasteiger partial charge in [-0.1, -0.05) is 25.4 Å². The van der Waals surface area contributed by atoms with Crippen LogP contribution in [-0.2, 0) is 12.8 Å². The zero-order valence-corrected chi connectivity index (χ0v) is 11.9. The summed E-state index contributed by atoms with van der Waals surface area (Å²) in [4.78, 5) is 12.6. The molecular weight excluding hydrogens is 276 g/mol. The quantitative estimate of drug-likeness (QED) is 0.808. The molecule has 2 aromatic heterocycles. The fourth-order valence-electron chi connectivity index (χ4n) is 1.27. The Labute approximate surface area is 113 Å². The molecule has 17 heavy (non-hydrogen) atoms. The molecule has 7 heteroatoms. The zero-order chi connectivity index (χ0) is 12.3. The lowest BCUT2D eigenvalue weighted by Gasteiger charge is -2.04. The summed E-state index contributed by atoms with van der Waals surface area (Å²) < 4.78 is 5.14. The number of aryl methyl sites for hydroxylation is 1. The van der Waals surface area contributed by atoms with Crippen LogP contribution in [0.1, 0.15) is 25.2 Å². The van der Waals surface area contributed by atoms with Crippen LogP contribution in [0.3, 0.4) is 0 Å². The molecule has 0 unspecified atom stereocenters. The summed E-state index contributed by atoms with van der Waals surface area (Å²) >= 11 is 8.92. The van der Waals surface area contributed by atoms with Crippen molar-refractivity contribution in [2.75, 3.05) is 0 Å². The first-order chi connectivity index (χ1) is 8.24. The van der Waals surface area contributed by atoms with Gasteiger partial charge in [-0.3, -0.25) is 0 Å². The normalized spacial score (nSPS) is 10.8. The molecule has 4 nitrogen and oxygen atoms in total. The number of nitrogens with zero attached hydrogens (tertiary/aromatic N) is 4. The van der Waals surface area contributed by atoms with Gasteiger partial charge in [0.25, 0.3) is 0 Å². The minimum Gasteiger partial charge on any atom is -0.229 e. The molecular formula is C10H11ClN4S2. The molecule has 0 atom stereocenters. The van der Waals surface area contributed by atoms with E-state index in [4.69, 9.17) is 11.6 Å². The van der Waals surface area contributed by atoms with E-state index in [0.717, 1.165) is 33.6 Å². The lowest BCUT2D eigenvalue weighted by molar-refractivity contribution is 0.938. The summed E-state index contributed by atoms with van der Waals surface area (Å²) in [5, 5.41) is 1.39. The molecule has 0 fully saturated rings. The van der Waals surface area contributed by atoms with Gasteiger partial charge >= 0.3 is 0 Å². The Balaban J connectivity index is 2.26. The SMILES string of the molecule is CCc1nsc(Sc2ncnc(Cl)c2CC)n1. The van der Waals surface area contributed by atoms with Crippen molar-refractivity contribution in [2.45, 2.75) is 36.1 Å². The van der Waals surface area contributed by atoms with Gasteiger partial charge in [0.2, 0.25) is 0 Å². The maximum Gasteiger partial charge on any atom is 0.176 e. The largest absolute Gasteiger partial charge is 0.229 e. The van der Waals surface area contributed by atoms with Crippen molar-refractivity contribution in [3.8, 4) is 0 Å². The van der Waals surface area contributed by atoms with Gasteiger partial charge in [0, 0.05) is 12.0 Å². The number of aromatic nitrogens is 4. The monoisotopic (exact) mass is 286 g/mol. The first kappa shape index (κ1) is 12.7. The first-order valence-electron chi connectivity index (χ1n) is 5.24. The van der Waals surface area contributed by atoms with Crippen molar-refractivity contribution in [1.29, 1.82) is 0 Å². The molecule has 2 heterocycles. The Morgan fingerprint density at radius 2 is 2.12 bits per heavy atom. The molecule has 0 amide bonds. The van der Waals surface area contributed by atoms with Crippen molar-refractivity contribution < 1.29 is 0 Å². The van der Waals surface area contributed by atoms with Crippen LogP contribution >= 0.6 is 34.9 Å². The molecule has 0 aliphatic heterocycles. The predicted molar refractivity (Wildman–Crippen MR) is 69.8 cm³/mol. The second-order valence-corrected chi connectivity index (χ2v) is 5.58. The molecule has 0 saturated carbocycles. The van der Waals surface area contributed by atoms with E-state index >= 15 is 0 Å². The third-order valence-corrected chi connectivity index (χ3v) is 4.32. The predicted octanol–water partition coefficient (Wildman–Crippen LogP) is 3.26. The van der Waals surface area contributed by atoms with Crippen molar-refractivity contribution in [1.82, 2.24) is 19.3 Å². The summed E-state index contributed by atoms with van der Waals surface area (Å²) in [6.45, 7) is 4.07. The van der Waals surface area contributed by atoms with Crippen molar-refractivity contribution in [2.24, 2.45) is 0 Å². The van der Waals surface area contributed by atoms with Crippen molar-refractivity contribution in [3.05, 3.63) is 22.9 Å². The van der Waals surface area contributed by atoms with Gasteiger partial charge in [-0.2, -0.15) is 4.37 Å². The average Bonchev–Trinajstić information content (AvgIpc) is 2.77. The number of halogens is 1. The third kappa shape index (κ3) is 2.94. The summed E-state index contributed by atoms with van der Waals surface area (Å²) in [6, 6.07) is 0. The molecule has 0 bridgehead atoms. The summed E-state index contributed by atoms with van der Waals surface area (Å²) in [5.74, 6) is 0.871. The Morgan fingerprint density at radius 3 is 2.76 bits per heavy atom. The topological polar surface area (TPSA) is 51.6 Å². The molecule has 2 rings (SSSR count). The minimum atomic E-state index is 0.519. The van der Waals surface area contributed by atoms with Gasteiger partial charge < -0.3 is 0 Å². The summed E-state index contributed by atoms with van der Waals surface area (Å²) in [6.07, 6.45) is 3.13. The van der Waals surface area contributed by atoms with Crippen LogP contribution in [0.4, 0.5) is 0 Å². The number of rotatable bonds is 4. The van der Waals surface area contributed by atoms with E-state index in [2.05, 4.69) is 19.3 Å². The Bertz CT molecular complexity index is 515. The lowest BCUT2D eigenvalue weighted by Crippen LogP contribution is -1.93. The number of hydrogen-bond acceptors (Lipinski definition) is 6. The van der Waals surface area contributed by atoms with E-state index in [0.29, 0.717) is 5.15 Å². The van der Waals surface area contributed by atoms with E-state index in [1.165, 1.54) is 29.6 Å².